The van der Waals surface area contributed by atoms with Crippen molar-refractivity contribution >= 4 is 23.5 Å². The van der Waals surface area contributed by atoms with Crippen molar-refractivity contribution in [2.75, 3.05) is 7.11 Å². The SMILES string of the molecule is COc1ccc(/C=N\NC(=O)c2sccc2C)cc1COc1ccc(F)cc1F. The van der Waals surface area contributed by atoms with Crippen LogP contribution in [-0.2, 0) is 6.61 Å². The zero-order valence-corrected chi connectivity index (χ0v) is 16.6. The molecule has 3 aromatic rings. The van der Waals surface area contributed by atoms with E-state index in [1.165, 1.54) is 30.7 Å². The summed E-state index contributed by atoms with van der Waals surface area (Å²) in [5, 5.41) is 5.82. The van der Waals surface area contributed by atoms with Crippen LogP contribution in [0.3, 0.4) is 0 Å². The van der Waals surface area contributed by atoms with Crippen molar-refractivity contribution in [3.8, 4) is 11.5 Å². The van der Waals surface area contributed by atoms with Crippen molar-refractivity contribution in [3.05, 3.63) is 81.0 Å². The van der Waals surface area contributed by atoms with E-state index in [9.17, 15) is 13.6 Å². The molecule has 0 spiro atoms. The average Bonchev–Trinajstić information content (AvgIpc) is 3.13. The Kier molecular flexibility index (Phi) is 6.56. The van der Waals surface area contributed by atoms with Crippen LogP contribution < -0.4 is 14.9 Å². The summed E-state index contributed by atoms with van der Waals surface area (Å²) < 4.78 is 37.5. The number of aryl methyl sites for hydroxylation is 1. The van der Waals surface area contributed by atoms with Crippen LogP contribution in [0.25, 0.3) is 0 Å². The molecule has 29 heavy (non-hydrogen) atoms. The first kappa shape index (κ1) is 20.5. The molecule has 0 bridgehead atoms. The van der Waals surface area contributed by atoms with Crippen molar-refractivity contribution in [1.82, 2.24) is 5.43 Å². The first-order valence-corrected chi connectivity index (χ1v) is 9.48. The molecule has 3 rings (SSSR count). The second kappa shape index (κ2) is 9.29. The first-order valence-electron chi connectivity index (χ1n) is 8.60. The van der Waals surface area contributed by atoms with Gasteiger partial charge in [0.1, 0.15) is 18.2 Å². The van der Waals surface area contributed by atoms with Crippen molar-refractivity contribution in [1.29, 1.82) is 0 Å². The molecule has 1 N–H and O–H groups in total. The summed E-state index contributed by atoms with van der Waals surface area (Å²) in [7, 11) is 1.51. The molecule has 0 saturated carbocycles. The van der Waals surface area contributed by atoms with E-state index in [-0.39, 0.29) is 18.3 Å². The number of halogens is 2. The lowest BCUT2D eigenvalue weighted by Crippen LogP contribution is -2.17. The number of amides is 1. The van der Waals surface area contributed by atoms with Crippen molar-refractivity contribution < 1.29 is 23.0 Å². The molecule has 1 amide bonds. The predicted molar refractivity (Wildman–Crippen MR) is 108 cm³/mol. The van der Waals surface area contributed by atoms with E-state index in [4.69, 9.17) is 9.47 Å². The molecule has 0 aliphatic rings. The van der Waals surface area contributed by atoms with Crippen molar-refractivity contribution in [2.45, 2.75) is 13.5 Å². The maximum atomic E-state index is 13.7. The third-order valence-corrected chi connectivity index (χ3v) is 5.04. The van der Waals surface area contributed by atoms with Crippen LogP contribution in [0.5, 0.6) is 11.5 Å². The fourth-order valence-electron chi connectivity index (χ4n) is 2.56. The minimum absolute atomic E-state index is 0.00809. The molecule has 1 aromatic heterocycles. The third-order valence-electron chi connectivity index (χ3n) is 4.03. The number of rotatable bonds is 7. The Morgan fingerprint density at radius 1 is 1.17 bits per heavy atom. The van der Waals surface area contributed by atoms with Gasteiger partial charge in [-0.15, -0.1) is 11.3 Å². The molecule has 8 heteroatoms. The minimum Gasteiger partial charge on any atom is -0.496 e. The number of ether oxygens (including phenoxy) is 2. The number of carbonyl (C=O) groups excluding carboxylic acids is 1. The number of carbonyl (C=O) groups is 1. The van der Waals surface area contributed by atoms with Gasteiger partial charge in [-0.3, -0.25) is 4.79 Å². The average molecular weight is 416 g/mol. The summed E-state index contributed by atoms with van der Waals surface area (Å²) in [4.78, 5) is 12.7. The number of thiophene rings is 1. The van der Waals surface area contributed by atoms with E-state index < -0.39 is 11.6 Å². The molecular weight excluding hydrogens is 398 g/mol. The van der Waals surface area contributed by atoms with Gasteiger partial charge < -0.3 is 9.47 Å². The van der Waals surface area contributed by atoms with Crippen LogP contribution >= 0.6 is 11.3 Å². The molecule has 0 atom stereocenters. The van der Waals surface area contributed by atoms with E-state index in [0.29, 0.717) is 21.8 Å². The van der Waals surface area contributed by atoms with Gasteiger partial charge in [0.15, 0.2) is 11.6 Å². The standard InChI is InChI=1S/C21H18F2N2O3S/c1-13-7-8-29-20(13)21(26)25-24-11-14-3-5-18(27-2)15(9-14)12-28-19-6-4-16(22)10-17(19)23/h3-11H,12H2,1-2H3,(H,25,26)/b24-11-. The van der Waals surface area contributed by atoms with E-state index in [1.54, 1.807) is 18.2 Å². The molecule has 0 unspecified atom stereocenters. The Morgan fingerprint density at radius 3 is 2.66 bits per heavy atom. The quantitative estimate of drug-likeness (QED) is 0.449. The van der Waals surface area contributed by atoms with Gasteiger partial charge in [-0.2, -0.15) is 5.10 Å². The van der Waals surface area contributed by atoms with E-state index in [0.717, 1.165) is 17.7 Å². The Bertz CT molecular complexity index is 1050. The van der Waals surface area contributed by atoms with E-state index in [1.807, 2.05) is 18.4 Å². The molecular formula is C21H18F2N2O3S. The zero-order chi connectivity index (χ0) is 20.8. The highest BCUT2D eigenvalue weighted by molar-refractivity contribution is 7.12. The highest BCUT2D eigenvalue weighted by Gasteiger charge is 2.10. The van der Waals surface area contributed by atoms with Gasteiger partial charge in [0.25, 0.3) is 5.91 Å². The summed E-state index contributed by atoms with van der Waals surface area (Å²) in [5.74, 6) is -1.26. The Balaban J connectivity index is 1.69. The minimum atomic E-state index is -0.784. The second-order valence-electron chi connectivity index (χ2n) is 6.07. The highest BCUT2D eigenvalue weighted by Crippen LogP contribution is 2.24. The predicted octanol–water partition coefficient (Wildman–Crippen LogP) is 4.69. The lowest BCUT2D eigenvalue weighted by Gasteiger charge is -2.11. The number of nitrogens with zero attached hydrogens (tertiary/aromatic N) is 1. The summed E-state index contributed by atoms with van der Waals surface area (Å²) in [5.41, 5.74) is 4.70. The van der Waals surface area contributed by atoms with Gasteiger partial charge in [0.05, 0.1) is 18.2 Å². The monoisotopic (exact) mass is 416 g/mol. The molecule has 1 heterocycles. The maximum absolute atomic E-state index is 13.7. The second-order valence-corrected chi connectivity index (χ2v) is 6.98. The zero-order valence-electron chi connectivity index (χ0n) is 15.7. The van der Waals surface area contributed by atoms with Gasteiger partial charge in [-0.05, 0) is 59.8 Å². The van der Waals surface area contributed by atoms with Crippen LogP contribution in [0.4, 0.5) is 8.78 Å². The largest absolute Gasteiger partial charge is 0.496 e. The molecule has 0 fully saturated rings. The molecule has 0 radical (unpaired) electrons. The summed E-state index contributed by atoms with van der Waals surface area (Å²) >= 11 is 1.34. The maximum Gasteiger partial charge on any atom is 0.281 e. The van der Waals surface area contributed by atoms with Crippen LogP contribution in [0.2, 0.25) is 0 Å². The number of hydrogen-bond acceptors (Lipinski definition) is 5. The number of nitrogens with one attached hydrogen (secondary N) is 1. The van der Waals surface area contributed by atoms with Gasteiger partial charge in [0, 0.05) is 11.6 Å². The molecule has 2 aromatic carbocycles. The Hall–Kier alpha value is -3.26. The van der Waals surface area contributed by atoms with Crippen LogP contribution in [-0.4, -0.2) is 19.2 Å². The van der Waals surface area contributed by atoms with Gasteiger partial charge >= 0.3 is 0 Å². The normalized spacial score (nSPS) is 10.9. The van der Waals surface area contributed by atoms with Gasteiger partial charge in [-0.25, -0.2) is 14.2 Å². The fourth-order valence-corrected chi connectivity index (χ4v) is 3.38. The Morgan fingerprint density at radius 2 is 1.97 bits per heavy atom. The van der Waals surface area contributed by atoms with E-state index in [2.05, 4.69) is 10.5 Å². The smallest absolute Gasteiger partial charge is 0.281 e. The number of methoxy groups -OCH3 is 1. The lowest BCUT2D eigenvalue weighted by atomic mass is 10.1. The number of hydrazone groups is 1. The molecule has 0 aliphatic carbocycles. The summed E-state index contributed by atoms with van der Waals surface area (Å²) in [6, 6.07) is 10.2. The Labute approximate surface area is 170 Å². The van der Waals surface area contributed by atoms with Crippen LogP contribution in [0.1, 0.15) is 26.4 Å². The summed E-state index contributed by atoms with van der Waals surface area (Å²) in [6.45, 7) is 1.86. The molecule has 0 aliphatic heterocycles. The van der Waals surface area contributed by atoms with Crippen molar-refractivity contribution in [2.24, 2.45) is 5.10 Å². The van der Waals surface area contributed by atoms with Crippen LogP contribution in [0, 0.1) is 18.6 Å². The van der Waals surface area contributed by atoms with Gasteiger partial charge in [-0.1, -0.05) is 0 Å². The van der Waals surface area contributed by atoms with Crippen molar-refractivity contribution in [3.63, 3.8) is 0 Å². The van der Waals surface area contributed by atoms with Crippen LogP contribution in [0.15, 0.2) is 52.9 Å². The van der Waals surface area contributed by atoms with E-state index >= 15 is 0 Å². The highest BCUT2D eigenvalue weighted by atomic mass is 32.1. The van der Waals surface area contributed by atoms with Gasteiger partial charge in [0.2, 0.25) is 0 Å². The number of hydrogen-bond donors (Lipinski definition) is 1. The molecule has 150 valence electrons. The number of benzene rings is 2. The third kappa shape index (κ3) is 5.17. The lowest BCUT2D eigenvalue weighted by molar-refractivity contribution is 0.0958. The fraction of sp³-hybridized carbons (Fsp3) is 0.143. The molecule has 5 nitrogen and oxygen atoms in total. The molecule has 0 saturated heterocycles. The first-order chi connectivity index (χ1) is 14.0. The topological polar surface area (TPSA) is 59.9 Å². The summed E-state index contributed by atoms with van der Waals surface area (Å²) in [6.07, 6.45) is 1.49.